The molecule has 0 radical (unpaired) electrons. The van der Waals surface area contributed by atoms with E-state index in [1.807, 2.05) is 65.0 Å². The molecule has 5 nitrogen and oxygen atoms in total. The Morgan fingerprint density at radius 1 is 0.848 bits per heavy atom. The van der Waals surface area contributed by atoms with E-state index in [0.717, 1.165) is 63.4 Å². The minimum atomic E-state index is 0.114. The second-order valence-corrected chi connectivity index (χ2v) is 13.0. The summed E-state index contributed by atoms with van der Waals surface area (Å²) in [6, 6.07) is 31.7. The number of aryl methyl sites for hydroxylation is 1. The van der Waals surface area contributed by atoms with Gasteiger partial charge in [0.05, 0.1) is 24.0 Å². The number of anilines is 3. The van der Waals surface area contributed by atoms with Crippen LogP contribution in [0.25, 0.3) is 29.1 Å². The van der Waals surface area contributed by atoms with Crippen molar-refractivity contribution < 1.29 is 9.47 Å². The molecule has 46 heavy (non-hydrogen) atoms. The molecule has 0 N–H and O–H groups in total. The van der Waals surface area contributed by atoms with Gasteiger partial charge in [0.25, 0.3) is 0 Å². The Balaban J connectivity index is 1.54. The number of nitriles is 1. The fourth-order valence-corrected chi connectivity index (χ4v) is 6.44. The zero-order valence-electron chi connectivity index (χ0n) is 27.7. The molecule has 3 aromatic carbocycles. The van der Waals surface area contributed by atoms with Crippen LogP contribution in [0.3, 0.4) is 0 Å². The summed E-state index contributed by atoms with van der Waals surface area (Å²) in [5.74, 6) is 1.70. The molecule has 0 bridgehead atoms. The first-order valence-electron chi connectivity index (χ1n) is 16.1. The molecule has 5 rings (SSSR count). The summed E-state index contributed by atoms with van der Waals surface area (Å²) in [6.45, 7) is 13.1. The van der Waals surface area contributed by atoms with Crippen LogP contribution in [0.5, 0.6) is 11.5 Å². The van der Waals surface area contributed by atoms with Crippen molar-refractivity contribution in [2.45, 2.75) is 73.1 Å². The summed E-state index contributed by atoms with van der Waals surface area (Å²) in [5, 5.41) is 11.9. The molecule has 0 fully saturated rings. The highest BCUT2D eigenvalue weighted by Gasteiger charge is 2.17. The lowest BCUT2D eigenvalue weighted by Gasteiger charge is -2.24. The van der Waals surface area contributed by atoms with Crippen LogP contribution < -0.4 is 14.4 Å². The van der Waals surface area contributed by atoms with Gasteiger partial charge in [0, 0.05) is 44.8 Å². The third kappa shape index (κ3) is 7.73. The van der Waals surface area contributed by atoms with Gasteiger partial charge in [-0.1, -0.05) is 37.6 Å². The predicted octanol–water partition coefficient (Wildman–Crippen LogP) is 11.6. The number of para-hydroxylation sites is 1. The molecule has 0 aliphatic heterocycles. The van der Waals surface area contributed by atoms with E-state index in [-0.39, 0.29) is 12.2 Å². The highest BCUT2D eigenvalue weighted by atomic mass is 32.1. The molecule has 0 saturated heterocycles. The fraction of sp³-hybridized carbons (Fsp3) is 0.275. The maximum Gasteiger partial charge on any atom is 0.119 e. The highest BCUT2D eigenvalue weighted by Crippen LogP contribution is 2.41. The smallest absolute Gasteiger partial charge is 0.119 e. The second-order valence-electron chi connectivity index (χ2n) is 11.9. The zero-order chi connectivity index (χ0) is 32.6. The van der Waals surface area contributed by atoms with E-state index >= 15 is 0 Å². The monoisotopic (exact) mass is 629 g/mol. The van der Waals surface area contributed by atoms with E-state index < -0.39 is 0 Å². The van der Waals surface area contributed by atoms with E-state index in [4.69, 9.17) is 9.47 Å². The number of hydrogen-bond acceptors (Lipinski definition) is 5. The molecule has 0 aliphatic rings. The van der Waals surface area contributed by atoms with Crippen molar-refractivity contribution in [3.8, 4) is 17.6 Å². The van der Waals surface area contributed by atoms with Gasteiger partial charge in [0.2, 0.25) is 0 Å². The van der Waals surface area contributed by atoms with Crippen molar-refractivity contribution in [3.63, 3.8) is 0 Å². The van der Waals surface area contributed by atoms with Gasteiger partial charge >= 0.3 is 0 Å². The fourth-order valence-electron chi connectivity index (χ4n) is 5.49. The maximum atomic E-state index is 9.62. The Morgan fingerprint density at radius 2 is 1.46 bits per heavy atom. The molecule has 0 aliphatic carbocycles. The van der Waals surface area contributed by atoms with Crippen molar-refractivity contribution in [1.82, 2.24) is 4.57 Å². The van der Waals surface area contributed by atoms with Gasteiger partial charge in [-0.2, -0.15) is 5.26 Å². The van der Waals surface area contributed by atoms with Gasteiger partial charge in [-0.25, -0.2) is 0 Å². The maximum absolute atomic E-state index is 9.62. The lowest BCUT2D eigenvalue weighted by Crippen LogP contribution is -2.10. The average molecular weight is 630 g/mol. The normalized spacial score (nSPS) is 11.9. The Morgan fingerprint density at radius 3 is 2.02 bits per heavy atom. The van der Waals surface area contributed by atoms with E-state index in [2.05, 4.69) is 95.3 Å². The minimum absolute atomic E-state index is 0.114. The third-order valence-corrected chi connectivity index (χ3v) is 8.53. The largest absolute Gasteiger partial charge is 0.491 e. The van der Waals surface area contributed by atoms with Crippen molar-refractivity contribution in [2.24, 2.45) is 0 Å². The lowest BCUT2D eigenvalue weighted by molar-refractivity contribution is 0.242. The van der Waals surface area contributed by atoms with Crippen molar-refractivity contribution >= 4 is 56.8 Å². The molecule has 0 atom stereocenters. The third-order valence-electron chi connectivity index (χ3n) is 7.50. The highest BCUT2D eigenvalue weighted by molar-refractivity contribution is 7.17. The average Bonchev–Trinajstić information content (AvgIpc) is 3.62. The topological polar surface area (TPSA) is 50.4 Å². The molecule has 2 heterocycles. The van der Waals surface area contributed by atoms with Crippen LogP contribution in [-0.4, -0.2) is 16.8 Å². The van der Waals surface area contributed by atoms with Gasteiger partial charge < -0.3 is 18.9 Å². The van der Waals surface area contributed by atoms with E-state index in [9.17, 15) is 5.26 Å². The van der Waals surface area contributed by atoms with Crippen LogP contribution in [0.1, 0.15) is 70.5 Å². The van der Waals surface area contributed by atoms with Crippen molar-refractivity contribution in [2.75, 3.05) is 4.90 Å². The lowest BCUT2D eigenvalue weighted by atomic mass is 10.1. The quantitative estimate of drug-likeness (QED) is 0.122. The molecule has 0 spiro atoms. The Bertz CT molecular complexity index is 1800. The van der Waals surface area contributed by atoms with Gasteiger partial charge in [-0.15, -0.1) is 11.3 Å². The summed E-state index contributed by atoms with van der Waals surface area (Å²) in [4.78, 5) is 3.40. The number of thiophene rings is 1. The van der Waals surface area contributed by atoms with Crippen LogP contribution >= 0.6 is 11.3 Å². The number of fused-ring (bicyclic) bond motifs is 1. The number of ether oxygens (including phenoxy) is 2. The molecule has 0 amide bonds. The van der Waals surface area contributed by atoms with Gasteiger partial charge in [-0.05, 0) is 120 Å². The minimum Gasteiger partial charge on any atom is -0.491 e. The second kappa shape index (κ2) is 15.0. The molecule has 236 valence electrons. The standard InChI is InChI=1S/C40H43N3O2S/c1-7-8-25-42-38-12-10-9-11-36(38)37(39(42)26-30(6)27-41)23-21-35-22-24-40(46-35)43(31-13-17-33(18-14-31)44-28(2)3)32-15-19-34(20-16-32)45-29(4)5/h9-24,26,28-29H,7-8,25H2,1-6H3/b23-21+,30-26+. The Hall–Kier alpha value is -4.73. The van der Waals surface area contributed by atoms with E-state index in [1.165, 1.54) is 10.9 Å². The molecule has 5 aromatic rings. The van der Waals surface area contributed by atoms with Gasteiger partial charge in [0.15, 0.2) is 0 Å². The molecule has 0 unspecified atom stereocenters. The summed E-state index contributed by atoms with van der Waals surface area (Å²) < 4.78 is 14.2. The Kier molecular flexibility index (Phi) is 10.7. The summed E-state index contributed by atoms with van der Waals surface area (Å²) in [6.07, 6.45) is 8.83. The summed E-state index contributed by atoms with van der Waals surface area (Å²) in [7, 11) is 0. The van der Waals surface area contributed by atoms with E-state index in [0.29, 0.717) is 5.57 Å². The molecule has 6 heteroatoms. The van der Waals surface area contributed by atoms with Gasteiger partial charge in [0.1, 0.15) is 16.5 Å². The van der Waals surface area contributed by atoms with Crippen LogP contribution in [-0.2, 0) is 6.54 Å². The summed E-state index contributed by atoms with van der Waals surface area (Å²) in [5.41, 5.74) is 6.19. The number of aromatic nitrogens is 1. The molecule has 0 saturated carbocycles. The van der Waals surface area contributed by atoms with Gasteiger partial charge in [-0.3, -0.25) is 0 Å². The molecular weight excluding hydrogens is 587 g/mol. The van der Waals surface area contributed by atoms with E-state index in [1.54, 1.807) is 11.3 Å². The van der Waals surface area contributed by atoms with Crippen LogP contribution in [0, 0.1) is 11.3 Å². The van der Waals surface area contributed by atoms with Crippen LogP contribution in [0.15, 0.2) is 90.5 Å². The van der Waals surface area contributed by atoms with Crippen LogP contribution in [0.4, 0.5) is 16.4 Å². The number of benzene rings is 3. The van der Waals surface area contributed by atoms with Crippen LogP contribution in [0.2, 0.25) is 0 Å². The first-order chi connectivity index (χ1) is 22.3. The zero-order valence-corrected chi connectivity index (χ0v) is 28.5. The number of rotatable bonds is 13. The van der Waals surface area contributed by atoms with Crippen molar-refractivity contribution in [3.05, 3.63) is 107 Å². The SMILES string of the molecule is CCCCn1c(/C=C(\C)C#N)c(/C=C/c2ccc(N(c3ccc(OC(C)C)cc3)c3ccc(OC(C)C)cc3)s2)c2ccccc21. The first-order valence-corrected chi connectivity index (χ1v) is 16.9. The number of allylic oxidation sites excluding steroid dienone is 1. The number of nitrogens with zero attached hydrogens (tertiary/aromatic N) is 3. The number of hydrogen-bond donors (Lipinski definition) is 0. The Labute approximate surface area is 277 Å². The van der Waals surface area contributed by atoms with Crippen molar-refractivity contribution in [1.29, 1.82) is 5.26 Å². The molecular formula is C40H43N3O2S. The number of unbranched alkanes of at least 4 members (excludes halogenated alkanes) is 1. The molecule has 2 aromatic heterocycles. The summed E-state index contributed by atoms with van der Waals surface area (Å²) >= 11 is 1.73. The predicted molar refractivity (Wildman–Crippen MR) is 196 cm³/mol. The first kappa shape index (κ1) is 32.7.